The summed E-state index contributed by atoms with van der Waals surface area (Å²) in [6, 6.07) is 16.9. The summed E-state index contributed by atoms with van der Waals surface area (Å²) in [7, 11) is 1.42. The number of carbonyl (C=O) groups excluding carboxylic acids is 1. The van der Waals surface area contributed by atoms with Crippen molar-refractivity contribution in [2.45, 2.75) is 13.3 Å². The van der Waals surface area contributed by atoms with Gasteiger partial charge >= 0.3 is 5.97 Å². The molecule has 176 valence electrons. The largest absolute Gasteiger partial charge is 0.493 e. The van der Waals surface area contributed by atoms with E-state index >= 15 is 0 Å². The van der Waals surface area contributed by atoms with Crippen molar-refractivity contribution in [2.75, 3.05) is 7.11 Å². The third kappa shape index (κ3) is 4.91. The Bertz CT molecular complexity index is 1510. The lowest BCUT2D eigenvalue weighted by Crippen LogP contribution is -2.22. The third-order valence-corrected chi connectivity index (χ3v) is 5.16. The van der Waals surface area contributed by atoms with E-state index < -0.39 is 10.9 Å². The first-order valence-electron chi connectivity index (χ1n) is 10.6. The Hall–Kier alpha value is -4.86. The van der Waals surface area contributed by atoms with Crippen LogP contribution in [0.1, 0.15) is 28.7 Å². The van der Waals surface area contributed by atoms with Crippen LogP contribution >= 0.6 is 0 Å². The minimum atomic E-state index is -0.694. The summed E-state index contributed by atoms with van der Waals surface area (Å²) in [6.07, 6.45) is 2.00. The summed E-state index contributed by atoms with van der Waals surface area (Å²) >= 11 is 0. The van der Waals surface area contributed by atoms with Crippen LogP contribution in [0.5, 0.6) is 11.5 Å². The van der Waals surface area contributed by atoms with E-state index in [9.17, 15) is 19.7 Å². The molecule has 0 saturated carbocycles. The van der Waals surface area contributed by atoms with Gasteiger partial charge < -0.3 is 9.47 Å². The molecule has 1 heterocycles. The van der Waals surface area contributed by atoms with Crippen molar-refractivity contribution in [1.82, 2.24) is 9.66 Å². The third-order valence-electron chi connectivity index (χ3n) is 5.16. The number of ether oxygens (including phenoxy) is 2. The Labute approximate surface area is 199 Å². The number of hydrogen-bond donors (Lipinski definition) is 0. The molecule has 1 aromatic heterocycles. The molecular weight excluding hydrogens is 452 g/mol. The van der Waals surface area contributed by atoms with Crippen LogP contribution in [-0.4, -0.2) is 33.9 Å². The smallest absolute Gasteiger partial charge is 0.343 e. The molecule has 3 aromatic carbocycles. The molecule has 10 nitrogen and oxygen atoms in total. The SMILES string of the molecule is CCc1nc2ccccc2c(=O)n1N=Cc1ccc(OC(=O)c2ccc([N+](=O)[O-])cc2)c(OC)c1. The molecule has 0 amide bonds. The Morgan fingerprint density at radius 3 is 2.54 bits per heavy atom. The van der Waals surface area contributed by atoms with Gasteiger partial charge in [-0.1, -0.05) is 19.1 Å². The Morgan fingerprint density at radius 1 is 1.11 bits per heavy atom. The van der Waals surface area contributed by atoms with Gasteiger partial charge in [0.1, 0.15) is 5.82 Å². The van der Waals surface area contributed by atoms with Gasteiger partial charge in [0.2, 0.25) is 0 Å². The second-order valence-electron chi connectivity index (χ2n) is 7.36. The van der Waals surface area contributed by atoms with Gasteiger partial charge in [-0.3, -0.25) is 14.9 Å². The number of nitro groups is 1. The highest BCUT2D eigenvalue weighted by Gasteiger charge is 2.15. The number of para-hydroxylation sites is 1. The Kier molecular flexibility index (Phi) is 6.63. The number of hydrogen-bond acceptors (Lipinski definition) is 8. The maximum atomic E-state index is 12.9. The topological polar surface area (TPSA) is 126 Å². The summed E-state index contributed by atoms with van der Waals surface area (Å²) in [5.74, 6) is 0.252. The quantitative estimate of drug-likeness (QED) is 0.131. The van der Waals surface area contributed by atoms with Crippen LogP contribution in [0, 0.1) is 10.1 Å². The lowest BCUT2D eigenvalue weighted by atomic mass is 10.2. The fourth-order valence-corrected chi connectivity index (χ4v) is 3.37. The zero-order valence-electron chi connectivity index (χ0n) is 18.9. The molecule has 0 saturated heterocycles. The van der Waals surface area contributed by atoms with Crippen molar-refractivity contribution in [2.24, 2.45) is 5.10 Å². The van der Waals surface area contributed by atoms with Crippen molar-refractivity contribution in [3.8, 4) is 11.5 Å². The van der Waals surface area contributed by atoms with E-state index in [0.29, 0.717) is 28.7 Å². The number of methoxy groups -OCH3 is 1. The molecule has 35 heavy (non-hydrogen) atoms. The molecule has 0 aliphatic carbocycles. The van der Waals surface area contributed by atoms with Crippen molar-refractivity contribution in [3.05, 3.63) is 104 Å². The van der Waals surface area contributed by atoms with E-state index in [4.69, 9.17) is 9.47 Å². The maximum absolute atomic E-state index is 12.9. The van der Waals surface area contributed by atoms with Gasteiger partial charge in [0.15, 0.2) is 11.5 Å². The zero-order valence-corrected chi connectivity index (χ0v) is 18.9. The normalized spacial score (nSPS) is 11.0. The maximum Gasteiger partial charge on any atom is 0.343 e. The molecule has 0 bridgehead atoms. The average molecular weight is 472 g/mol. The standard InChI is InChI=1S/C25H20N4O6/c1-3-23-27-20-7-5-4-6-19(20)24(30)28(23)26-15-16-8-13-21(22(14-16)34-2)35-25(31)17-9-11-18(12-10-17)29(32)33/h4-15H,3H2,1-2H3. The molecule has 0 spiro atoms. The van der Waals surface area contributed by atoms with Crippen LogP contribution in [0.3, 0.4) is 0 Å². The second kappa shape index (κ2) is 9.96. The van der Waals surface area contributed by atoms with Gasteiger partial charge in [0.25, 0.3) is 11.2 Å². The molecule has 0 aliphatic rings. The number of aromatic nitrogens is 2. The minimum absolute atomic E-state index is 0.130. The molecule has 0 aliphatic heterocycles. The van der Waals surface area contributed by atoms with Crippen LogP contribution in [0.25, 0.3) is 10.9 Å². The average Bonchev–Trinajstić information content (AvgIpc) is 2.88. The molecule has 0 atom stereocenters. The van der Waals surface area contributed by atoms with E-state index in [1.54, 1.807) is 30.3 Å². The van der Waals surface area contributed by atoms with Crippen LogP contribution in [0.2, 0.25) is 0 Å². The van der Waals surface area contributed by atoms with Gasteiger partial charge in [-0.05, 0) is 48.0 Å². The van der Waals surface area contributed by atoms with Crippen LogP contribution < -0.4 is 15.0 Å². The Balaban J connectivity index is 1.59. The molecule has 0 unspecified atom stereocenters. The number of benzene rings is 3. The highest BCUT2D eigenvalue weighted by Crippen LogP contribution is 2.28. The van der Waals surface area contributed by atoms with E-state index in [1.807, 2.05) is 13.0 Å². The molecule has 4 rings (SSSR count). The van der Waals surface area contributed by atoms with E-state index in [1.165, 1.54) is 48.3 Å². The monoisotopic (exact) mass is 472 g/mol. The van der Waals surface area contributed by atoms with Crippen molar-refractivity contribution in [3.63, 3.8) is 0 Å². The summed E-state index contributed by atoms with van der Waals surface area (Å²) in [6.45, 7) is 1.89. The van der Waals surface area contributed by atoms with Crippen LogP contribution in [0.4, 0.5) is 5.69 Å². The van der Waals surface area contributed by atoms with Gasteiger partial charge in [-0.15, -0.1) is 0 Å². The first-order valence-corrected chi connectivity index (χ1v) is 10.6. The molecule has 4 aromatic rings. The van der Waals surface area contributed by atoms with E-state index in [0.717, 1.165) is 0 Å². The zero-order chi connectivity index (χ0) is 24.9. The number of non-ortho nitro benzene ring substituents is 1. The number of nitrogens with zero attached hydrogens (tertiary/aromatic N) is 4. The molecular formula is C25H20N4O6. The highest BCUT2D eigenvalue weighted by atomic mass is 16.6. The Morgan fingerprint density at radius 2 is 1.86 bits per heavy atom. The van der Waals surface area contributed by atoms with Gasteiger partial charge in [0, 0.05) is 18.6 Å². The number of aryl methyl sites for hydroxylation is 1. The van der Waals surface area contributed by atoms with Crippen LogP contribution in [0.15, 0.2) is 76.6 Å². The van der Waals surface area contributed by atoms with E-state index in [2.05, 4.69) is 10.1 Å². The number of carbonyl (C=O) groups is 1. The molecule has 0 radical (unpaired) electrons. The summed E-state index contributed by atoms with van der Waals surface area (Å²) in [4.78, 5) is 40.1. The highest BCUT2D eigenvalue weighted by molar-refractivity contribution is 5.92. The second-order valence-corrected chi connectivity index (χ2v) is 7.36. The van der Waals surface area contributed by atoms with E-state index in [-0.39, 0.29) is 28.3 Å². The predicted octanol–water partition coefficient (Wildman–Crippen LogP) is 3.98. The number of esters is 1. The minimum Gasteiger partial charge on any atom is -0.493 e. The van der Waals surface area contributed by atoms with Crippen molar-refractivity contribution < 1.29 is 19.2 Å². The lowest BCUT2D eigenvalue weighted by Gasteiger charge is -2.10. The van der Waals surface area contributed by atoms with Crippen molar-refractivity contribution >= 4 is 28.8 Å². The fraction of sp³-hybridized carbons (Fsp3) is 0.120. The number of rotatable bonds is 7. The first-order chi connectivity index (χ1) is 16.9. The summed E-state index contributed by atoms with van der Waals surface area (Å²) < 4.78 is 12.0. The fourth-order valence-electron chi connectivity index (χ4n) is 3.37. The van der Waals surface area contributed by atoms with Gasteiger partial charge in [0.05, 0.1) is 34.7 Å². The van der Waals surface area contributed by atoms with Gasteiger partial charge in [-0.2, -0.15) is 9.78 Å². The molecule has 0 fully saturated rings. The van der Waals surface area contributed by atoms with Gasteiger partial charge in [-0.25, -0.2) is 9.78 Å². The number of nitro benzene ring substituents is 1. The number of fused-ring (bicyclic) bond motifs is 1. The predicted molar refractivity (Wildman–Crippen MR) is 129 cm³/mol. The lowest BCUT2D eigenvalue weighted by molar-refractivity contribution is -0.384. The molecule has 10 heteroatoms. The van der Waals surface area contributed by atoms with Crippen LogP contribution in [-0.2, 0) is 6.42 Å². The first kappa shape index (κ1) is 23.3. The van der Waals surface area contributed by atoms with Crippen molar-refractivity contribution in [1.29, 1.82) is 0 Å². The summed E-state index contributed by atoms with van der Waals surface area (Å²) in [5, 5.41) is 15.6. The molecule has 0 N–H and O–H groups in total. The summed E-state index contributed by atoms with van der Waals surface area (Å²) in [5.41, 5.74) is 0.957.